The van der Waals surface area contributed by atoms with E-state index in [2.05, 4.69) is 10.7 Å². The Labute approximate surface area is 215 Å². The van der Waals surface area contributed by atoms with E-state index in [1.165, 1.54) is 23.5 Å². The number of hydrazine groups is 1. The Hall–Kier alpha value is -3.52. The van der Waals surface area contributed by atoms with Crippen LogP contribution in [-0.2, 0) is 9.59 Å². The van der Waals surface area contributed by atoms with Gasteiger partial charge >= 0.3 is 5.97 Å². The second kappa shape index (κ2) is 10.6. The molecule has 0 radical (unpaired) electrons. The summed E-state index contributed by atoms with van der Waals surface area (Å²) in [5.74, 6) is -5.45. The van der Waals surface area contributed by atoms with Crippen molar-refractivity contribution in [2.24, 2.45) is 0 Å². The van der Waals surface area contributed by atoms with E-state index in [1.807, 2.05) is 0 Å². The van der Waals surface area contributed by atoms with Crippen LogP contribution in [0.15, 0.2) is 52.7 Å². The van der Waals surface area contributed by atoms with E-state index in [9.17, 15) is 27.6 Å². The average Bonchev–Trinajstić information content (AvgIpc) is 3.38. The van der Waals surface area contributed by atoms with Crippen molar-refractivity contribution < 1.29 is 32.7 Å². The van der Waals surface area contributed by atoms with Crippen molar-refractivity contribution in [3.8, 4) is 11.1 Å². The van der Waals surface area contributed by atoms with E-state index < -0.39 is 40.8 Å². The van der Waals surface area contributed by atoms with Gasteiger partial charge in [-0.2, -0.15) is 0 Å². The molecule has 2 amide bonds. The summed E-state index contributed by atoms with van der Waals surface area (Å²) < 4.78 is 40.6. The number of nitrogens with zero attached hydrogens (tertiary/aromatic N) is 1. The SMILES string of the molecule is O=C(CNN1C(=O)/C(=C/c2cc(-c3ccc(F)c(F)c3)cs2)SC1=S)Nc1ccc(C(=O)O)c(F)c1. The van der Waals surface area contributed by atoms with Gasteiger partial charge in [-0.05, 0) is 59.0 Å². The zero-order valence-electron chi connectivity index (χ0n) is 17.9. The monoisotopic (exact) mass is 549 g/mol. The number of halogens is 3. The predicted octanol–water partition coefficient (Wildman–Crippen LogP) is 4.88. The zero-order valence-corrected chi connectivity index (χ0v) is 20.3. The highest BCUT2D eigenvalue weighted by Crippen LogP contribution is 2.34. The van der Waals surface area contributed by atoms with E-state index >= 15 is 0 Å². The summed E-state index contributed by atoms with van der Waals surface area (Å²) in [6, 6.07) is 8.44. The lowest BCUT2D eigenvalue weighted by atomic mass is 10.1. The Morgan fingerprint density at radius 3 is 2.50 bits per heavy atom. The molecule has 0 saturated carbocycles. The molecule has 7 nitrogen and oxygen atoms in total. The molecular weight excluding hydrogens is 535 g/mol. The second-order valence-corrected chi connectivity index (χ2v) is 9.89. The molecule has 0 aliphatic carbocycles. The summed E-state index contributed by atoms with van der Waals surface area (Å²) in [5.41, 5.74) is 3.27. The minimum absolute atomic E-state index is 0.0455. The van der Waals surface area contributed by atoms with Crippen LogP contribution in [0.1, 0.15) is 15.2 Å². The van der Waals surface area contributed by atoms with Gasteiger partial charge < -0.3 is 10.4 Å². The van der Waals surface area contributed by atoms with Crippen molar-refractivity contribution in [1.29, 1.82) is 0 Å². The maximum absolute atomic E-state index is 13.8. The molecule has 0 unspecified atom stereocenters. The third kappa shape index (κ3) is 5.65. The summed E-state index contributed by atoms with van der Waals surface area (Å²) in [4.78, 5) is 36.8. The average molecular weight is 550 g/mol. The number of carboxylic acids is 1. The summed E-state index contributed by atoms with van der Waals surface area (Å²) >= 11 is 7.52. The third-order valence-electron chi connectivity index (χ3n) is 4.82. The molecule has 4 rings (SSSR count). The van der Waals surface area contributed by atoms with Crippen LogP contribution in [-0.4, -0.2) is 38.8 Å². The molecule has 3 aromatic rings. The van der Waals surface area contributed by atoms with Gasteiger partial charge in [0.15, 0.2) is 16.0 Å². The molecule has 2 heterocycles. The Balaban J connectivity index is 1.38. The lowest BCUT2D eigenvalue weighted by Crippen LogP contribution is -2.44. The Bertz CT molecular complexity index is 1440. The Morgan fingerprint density at radius 2 is 1.81 bits per heavy atom. The first-order chi connectivity index (χ1) is 17.1. The van der Waals surface area contributed by atoms with Gasteiger partial charge in [0.25, 0.3) is 5.91 Å². The van der Waals surface area contributed by atoms with Crippen LogP contribution in [0.2, 0.25) is 0 Å². The number of rotatable bonds is 7. The third-order valence-corrected chi connectivity index (χ3v) is 7.00. The van der Waals surface area contributed by atoms with E-state index in [1.54, 1.807) is 17.5 Å². The van der Waals surface area contributed by atoms with Gasteiger partial charge in [0.2, 0.25) is 5.91 Å². The van der Waals surface area contributed by atoms with Crippen LogP contribution in [0.5, 0.6) is 0 Å². The number of anilines is 1. The summed E-state index contributed by atoms with van der Waals surface area (Å²) in [6.07, 6.45) is 1.60. The lowest BCUT2D eigenvalue weighted by molar-refractivity contribution is -0.124. The highest BCUT2D eigenvalue weighted by molar-refractivity contribution is 8.26. The molecule has 1 aliphatic heterocycles. The normalized spacial score (nSPS) is 14.5. The van der Waals surface area contributed by atoms with Gasteiger partial charge in [0.1, 0.15) is 5.82 Å². The van der Waals surface area contributed by atoms with Crippen LogP contribution in [0, 0.1) is 17.5 Å². The number of thiocarbonyl (C=S) groups is 1. The fourth-order valence-electron chi connectivity index (χ4n) is 3.11. The van der Waals surface area contributed by atoms with E-state index in [-0.39, 0.29) is 21.5 Å². The molecule has 0 spiro atoms. The lowest BCUT2D eigenvalue weighted by Gasteiger charge is -2.15. The molecule has 1 aliphatic rings. The largest absolute Gasteiger partial charge is 0.478 e. The van der Waals surface area contributed by atoms with Crippen LogP contribution in [0.25, 0.3) is 17.2 Å². The summed E-state index contributed by atoms with van der Waals surface area (Å²) in [6.45, 7) is -0.374. The molecule has 3 N–H and O–H groups in total. The first-order valence-corrected chi connectivity index (χ1v) is 12.1. The molecule has 1 saturated heterocycles. The summed E-state index contributed by atoms with van der Waals surface area (Å²) in [5, 5.41) is 14.0. The predicted molar refractivity (Wildman–Crippen MR) is 135 cm³/mol. The number of hydrogen-bond donors (Lipinski definition) is 3. The maximum Gasteiger partial charge on any atom is 0.338 e. The highest BCUT2D eigenvalue weighted by atomic mass is 32.2. The van der Waals surface area contributed by atoms with Crippen molar-refractivity contribution in [3.63, 3.8) is 0 Å². The van der Waals surface area contributed by atoms with Gasteiger partial charge in [0.05, 0.1) is 17.0 Å². The fraction of sp³-hybridized carbons (Fsp3) is 0.0435. The molecule has 1 aromatic heterocycles. The quantitative estimate of drug-likeness (QED) is 0.286. The minimum Gasteiger partial charge on any atom is -0.478 e. The highest BCUT2D eigenvalue weighted by Gasteiger charge is 2.32. The van der Waals surface area contributed by atoms with Crippen molar-refractivity contribution in [1.82, 2.24) is 10.4 Å². The number of aromatic carboxylic acids is 1. The van der Waals surface area contributed by atoms with Crippen LogP contribution in [0.3, 0.4) is 0 Å². The summed E-state index contributed by atoms with van der Waals surface area (Å²) in [7, 11) is 0. The van der Waals surface area contributed by atoms with Gasteiger partial charge in [-0.15, -0.1) is 11.3 Å². The van der Waals surface area contributed by atoms with Crippen molar-refractivity contribution in [2.45, 2.75) is 0 Å². The van der Waals surface area contributed by atoms with Crippen LogP contribution >= 0.6 is 35.3 Å². The molecule has 2 aromatic carbocycles. The van der Waals surface area contributed by atoms with E-state index in [4.69, 9.17) is 17.3 Å². The molecule has 1 fully saturated rings. The van der Waals surface area contributed by atoms with Gasteiger partial charge in [-0.25, -0.2) is 28.4 Å². The Morgan fingerprint density at radius 1 is 1.03 bits per heavy atom. The number of nitrogens with one attached hydrogen (secondary N) is 2. The first kappa shape index (κ1) is 25.6. The second-order valence-electron chi connectivity index (χ2n) is 7.27. The molecule has 0 bridgehead atoms. The fourth-order valence-corrected chi connectivity index (χ4v) is 5.24. The van der Waals surface area contributed by atoms with E-state index in [0.29, 0.717) is 16.0 Å². The molecule has 184 valence electrons. The topological polar surface area (TPSA) is 98.7 Å². The molecule has 13 heteroatoms. The van der Waals surface area contributed by atoms with Crippen molar-refractivity contribution in [2.75, 3.05) is 11.9 Å². The van der Waals surface area contributed by atoms with Crippen molar-refractivity contribution >= 4 is 69.2 Å². The minimum atomic E-state index is -1.43. The number of thioether (sulfide) groups is 1. The molecular formula is C23H14F3N3O4S3. The van der Waals surface area contributed by atoms with Gasteiger partial charge in [-0.3, -0.25) is 9.59 Å². The van der Waals surface area contributed by atoms with Gasteiger partial charge in [-0.1, -0.05) is 30.0 Å². The van der Waals surface area contributed by atoms with Crippen LogP contribution < -0.4 is 10.7 Å². The van der Waals surface area contributed by atoms with Crippen molar-refractivity contribution in [3.05, 3.63) is 80.6 Å². The molecule has 36 heavy (non-hydrogen) atoms. The van der Waals surface area contributed by atoms with Gasteiger partial charge in [0, 0.05) is 10.6 Å². The number of carbonyl (C=O) groups excluding carboxylic acids is 2. The standard InChI is InChI=1S/C23H14F3N3O4S3/c24-16-4-1-11(6-18(16)26)12-5-14(35-10-12)8-19-21(31)29(23(34)36-19)27-9-20(30)28-13-2-3-15(22(32)33)17(25)7-13/h1-8,10,27H,9H2,(H,28,30)(H,32,33)/b19-8-. The van der Waals surface area contributed by atoms with Crippen LogP contribution in [0.4, 0.5) is 18.9 Å². The number of hydrogen-bond acceptors (Lipinski definition) is 7. The Kier molecular flexibility index (Phi) is 7.54. The number of thiophene rings is 1. The number of carboxylic acid groups (broad SMARTS) is 1. The number of amides is 2. The zero-order chi connectivity index (χ0) is 26.0. The smallest absolute Gasteiger partial charge is 0.338 e. The first-order valence-electron chi connectivity index (χ1n) is 10.0. The molecule has 0 atom stereocenters. The maximum atomic E-state index is 13.8. The number of carbonyl (C=O) groups is 3. The number of benzene rings is 2. The van der Waals surface area contributed by atoms with E-state index in [0.717, 1.165) is 41.0 Å².